The van der Waals surface area contributed by atoms with E-state index in [1.165, 1.54) is 68.4 Å². The van der Waals surface area contributed by atoms with Gasteiger partial charge >= 0.3 is 0 Å². The second-order valence-electron chi connectivity index (χ2n) is 8.04. The van der Waals surface area contributed by atoms with Gasteiger partial charge in [-0.15, -0.1) is 3.71 Å². The molecule has 3 aromatic rings. The van der Waals surface area contributed by atoms with E-state index in [2.05, 4.69) is 20.6 Å². The minimum absolute atomic E-state index is 0.0596. The van der Waals surface area contributed by atoms with E-state index in [0.717, 1.165) is 0 Å². The molecule has 0 fully saturated rings. The largest absolute Gasteiger partial charge is 0.374 e. The van der Waals surface area contributed by atoms with Crippen LogP contribution in [0, 0.1) is 6.92 Å². The van der Waals surface area contributed by atoms with E-state index in [9.17, 15) is 26.4 Å². The fourth-order valence-electron chi connectivity index (χ4n) is 3.36. The summed E-state index contributed by atoms with van der Waals surface area (Å²) in [4.78, 5) is 30.4. The predicted molar refractivity (Wildman–Crippen MR) is 140 cm³/mol. The Labute approximate surface area is 221 Å². The maximum Gasteiger partial charge on any atom is 0.279 e. The Morgan fingerprint density at radius 1 is 0.816 bits per heavy atom. The van der Waals surface area contributed by atoms with Crippen molar-refractivity contribution in [2.45, 2.75) is 44.1 Å². The lowest BCUT2D eigenvalue weighted by Crippen LogP contribution is -2.38. The zero-order chi connectivity index (χ0) is 28.1. The third kappa shape index (κ3) is 6.70. The van der Waals surface area contributed by atoms with Gasteiger partial charge in [-0.05, 0) is 62.4 Å². The summed E-state index contributed by atoms with van der Waals surface area (Å²) in [7, 11) is -9.51. The van der Waals surface area contributed by atoms with Gasteiger partial charge in [-0.2, -0.15) is 16.8 Å². The summed E-state index contributed by atoms with van der Waals surface area (Å²) in [5.74, 6) is -1.01. The molecular formula is C24H27N5O7S2. The van der Waals surface area contributed by atoms with Crippen molar-refractivity contribution in [1.29, 1.82) is 0 Å². The monoisotopic (exact) mass is 561 g/mol. The molecule has 2 aromatic carbocycles. The third-order valence-electron chi connectivity index (χ3n) is 4.89. The molecule has 0 unspecified atom stereocenters. The highest BCUT2D eigenvalue weighted by atomic mass is 32.3. The van der Waals surface area contributed by atoms with Gasteiger partial charge in [-0.3, -0.25) is 9.59 Å². The molecule has 202 valence electrons. The van der Waals surface area contributed by atoms with E-state index in [1.54, 1.807) is 13.8 Å². The number of carbonyl (C=O) groups excluding carboxylic acids is 2. The van der Waals surface area contributed by atoms with Crippen molar-refractivity contribution in [3.05, 3.63) is 66.1 Å². The number of rotatable bonds is 10. The second-order valence-corrected chi connectivity index (χ2v) is 11.8. The molecule has 0 radical (unpaired) electrons. The topological polar surface area (TPSA) is 165 Å². The van der Waals surface area contributed by atoms with Crippen molar-refractivity contribution < 1.29 is 31.2 Å². The van der Waals surface area contributed by atoms with Crippen LogP contribution in [-0.2, 0) is 41.0 Å². The van der Waals surface area contributed by atoms with Crippen LogP contribution in [0.3, 0.4) is 0 Å². The molecule has 0 aliphatic rings. The zero-order valence-electron chi connectivity index (χ0n) is 21.1. The predicted octanol–water partition coefficient (Wildman–Crippen LogP) is 2.82. The van der Waals surface area contributed by atoms with Gasteiger partial charge in [-0.25, -0.2) is 9.97 Å². The number of ether oxygens (including phenoxy) is 1. The fraction of sp³-hybridized carbons (Fsp3) is 0.250. The molecule has 38 heavy (non-hydrogen) atoms. The first-order chi connectivity index (χ1) is 17.8. The summed E-state index contributed by atoms with van der Waals surface area (Å²) >= 11 is 0. The Balaban J connectivity index is 2.19. The van der Waals surface area contributed by atoms with Gasteiger partial charge in [0.2, 0.25) is 11.8 Å². The quantitative estimate of drug-likeness (QED) is 0.379. The van der Waals surface area contributed by atoms with Crippen LogP contribution in [0.25, 0.3) is 0 Å². The molecule has 0 aliphatic heterocycles. The third-order valence-corrected chi connectivity index (χ3v) is 9.05. The number of carbonyl (C=O) groups is 2. The average molecular weight is 562 g/mol. The molecule has 1 heterocycles. The van der Waals surface area contributed by atoms with Gasteiger partial charge in [0, 0.05) is 43.6 Å². The van der Waals surface area contributed by atoms with Crippen molar-refractivity contribution in [1.82, 2.24) is 9.97 Å². The fourth-order valence-corrected chi connectivity index (χ4v) is 6.93. The van der Waals surface area contributed by atoms with Crippen molar-refractivity contribution in [2.75, 3.05) is 21.0 Å². The molecule has 1 aromatic heterocycles. The van der Waals surface area contributed by atoms with Gasteiger partial charge in [-0.1, -0.05) is 0 Å². The standard InChI is InChI=1S/C24H27N5O7S2/c1-5-36-15-23-25-16(2)14-24(28-23)29(37(32,33)21-10-6-19(7-11-21)26-17(3)30)38(34,35)22-12-8-20(9-13-22)27-18(4)31/h6-14H,5,15H2,1-4H3,(H,26,30)(H,27,31). The van der Waals surface area contributed by atoms with Crippen molar-refractivity contribution in [3.63, 3.8) is 0 Å². The maximum atomic E-state index is 13.8. The Hall–Kier alpha value is -3.88. The van der Waals surface area contributed by atoms with Crippen LogP contribution in [0.15, 0.2) is 64.4 Å². The highest BCUT2D eigenvalue weighted by Gasteiger charge is 2.38. The number of hydrogen-bond donors (Lipinski definition) is 2. The highest BCUT2D eigenvalue weighted by Crippen LogP contribution is 2.31. The van der Waals surface area contributed by atoms with Crippen molar-refractivity contribution in [2.24, 2.45) is 0 Å². The lowest BCUT2D eigenvalue weighted by atomic mass is 10.3. The van der Waals surface area contributed by atoms with Crippen molar-refractivity contribution >= 4 is 49.1 Å². The first-order valence-electron chi connectivity index (χ1n) is 11.3. The molecular weight excluding hydrogens is 534 g/mol. The summed E-state index contributed by atoms with van der Waals surface area (Å²) in [5.41, 5.74) is 0.981. The summed E-state index contributed by atoms with van der Waals surface area (Å²) in [6.07, 6.45) is 0. The minimum atomic E-state index is -4.76. The van der Waals surface area contributed by atoms with Gasteiger partial charge in [0.05, 0.1) is 9.79 Å². The van der Waals surface area contributed by atoms with Crippen LogP contribution in [0.5, 0.6) is 0 Å². The smallest absolute Gasteiger partial charge is 0.279 e. The molecule has 0 saturated heterocycles. The molecule has 0 saturated carbocycles. The van der Waals surface area contributed by atoms with Crippen LogP contribution < -0.4 is 14.3 Å². The van der Waals surface area contributed by atoms with Crippen LogP contribution in [0.4, 0.5) is 17.2 Å². The van der Waals surface area contributed by atoms with E-state index in [4.69, 9.17) is 4.74 Å². The normalized spacial score (nSPS) is 11.6. The summed E-state index contributed by atoms with van der Waals surface area (Å²) in [6, 6.07) is 11.3. The van der Waals surface area contributed by atoms with Gasteiger partial charge < -0.3 is 15.4 Å². The number of aryl methyl sites for hydroxylation is 1. The molecule has 0 atom stereocenters. The van der Waals surface area contributed by atoms with E-state index < -0.39 is 25.9 Å². The van der Waals surface area contributed by atoms with E-state index in [0.29, 0.717) is 23.7 Å². The van der Waals surface area contributed by atoms with E-state index >= 15 is 0 Å². The first kappa shape index (κ1) is 28.7. The van der Waals surface area contributed by atoms with Crippen LogP contribution in [0.1, 0.15) is 32.3 Å². The number of aromatic nitrogens is 2. The molecule has 0 spiro atoms. The summed E-state index contributed by atoms with van der Waals surface area (Å²) in [6.45, 7) is 6.21. The summed E-state index contributed by atoms with van der Waals surface area (Å²) < 4.78 is 61.0. The Morgan fingerprint density at radius 2 is 1.26 bits per heavy atom. The number of nitrogens with zero attached hydrogens (tertiary/aromatic N) is 3. The number of anilines is 3. The van der Waals surface area contributed by atoms with Crippen molar-refractivity contribution in [3.8, 4) is 0 Å². The zero-order valence-corrected chi connectivity index (χ0v) is 22.8. The van der Waals surface area contributed by atoms with Crippen LogP contribution in [0.2, 0.25) is 0 Å². The molecule has 12 nitrogen and oxygen atoms in total. The Kier molecular flexibility index (Phi) is 8.81. The maximum absolute atomic E-state index is 13.8. The number of sulfonamides is 2. The number of amides is 2. The highest BCUT2D eigenvalue weighted by molar-refractivity contribution is 8.10. The van der Waals surface area contributed by atoms with Gasteiger partial charge in [0.15, 0.2) is 11.6 Å². The SMILES string of the molecule is CCOCc1nc(C)cc(N(S(=O)(=O)c2ccc(NC(C)=O)cc2)S(=O)(=O)c2ccc(NC(C)=O)cc2)n1. The molecule has 0 aliphatic carbocycles. The van der Waals surface area contributed by atoms with Gasteiger partial charge in [0.25, 0.3) is 20.0 Å². The Bertz CT molecular complexity index is 1450. The minimum Gasteiger partial charge on any atom is -0.374 e. The lowest BCUT2D eigenvalue weighted by Gasteiger charge is -2.24. The van der Waals surface area contributed by atoms with Crippen LogP contribution >= 0.6 is 0 Å². The summed E-state index contributed by atoms with van der Waals surface area (Å²) in [5, 5.41) is 5.05. The van der Waals surface area contributed by atoms with E-state index in [-0.39, 0.29) is 37.7 Å². The van der Waals surface area contributed by atoms with Crippen LogP contribution in [-0.4, -0.2) is 45.2 Å². The number of benzene rings is 2. The molecule has 2 amide bonds. The molecule has 0 bridgehead atoms. The lowest BCUT2D eigenvalue weighted by molar-refractivity contribution is -0.115. The molecule has 14 heteroatoms. The second kappa shape index (κ2) is 11.7. The first-order valence-corrected chi connectivity index (χ1v) is 14.2. The Morgan fingerprint density at radius 3 is 1.66 bits per heavy atom. The average Bonchev–Trinajstić information content (AvgIpc) is 2.82. The molecule has 2 N–H and O–H groups in total. The number of hydrogen-bond acceptors (Lipinski definition) is 9. The van der Waals surface area contributed by atoms with Gasteiger partial charge in [0.1, 0.15) is 6.61 Å². The number of nitrogens with one attached hydrogen (secondary N) is 2. The molecule has 3 rings (SSSR count). The van der Waals surface area contributed by atoms with E-state index in [1.807, 2.05) is 0 Å².